The number of benzene rings is 1. The molecule has 1 aliphatic heterocycles. The highest BCUT2D eigenvalue weighted by Gasteiger charge is 2.22. The molecule has 1 fully saturated rings. The fraction of sp³-hybridized carbons (Fsp3) is 0.667. The number of piperidine rings is 1. The van der Waals surface area contributed by atoms with Crippen LogP contribution in [0.25, 0.3) is 0 Å². The maximum absolute atomic E-state index is 5.58. The van der Waals surface area contributed by atoms with Gasteiger partial charge in [-0.1, -0.05) is 13.0 Å². The van der Waals surface area contributed by atoms with Crippen molar-refractivity contribution in [3.8, 4) is 17.2 Å². The van der Waals surface area contributed by atoms with Crippen molar-refractivity contribution in [1.82, 2.24) is 10.2 Å². The Morgan fingerprint density at radius 1 is 1.04 bits per heavy atom. The molecule has 5 nitrogen and oxygen atoms in total. The Kier molecular flexibility index (Phi) is 9.26. The molecule has 138 valence electrons. The van der Waals surface area contributed by atoms with Crippen molar-refractivity contribution in [2.45, 2.75) is 26.3 Å². The van der Waals surface area contributed by atoms with Gasteiger partial charge < -0.3 is 19.5 Å². The normalized spacial score (nSPS) is 15.7. The minimum Gasteiger partial charge on any atom is -0.493 e. The van der Waals surface area contributed by atoms with Crippen molar-refractivity contribution in [2.75, 3.05) is 47.5 Å². The summed E-state index contributed by atoms with van der Waals surface area (Å²) in [4.78, 5) is 2.49. The van der Waals surface area contributed by atoms with Gasteiger partial charge >= 0.3 is 0 Å². The molecule has 1 aliphatic rings. The molecule has 0 aromatic heterocycles. The number of likely N-dealkylation sites (tertiary alicyclic amines) is 1. The van der Waals surface area contributed by atoms with E-state index in [1.165, 1.54) is 12.8 Å². The van der Waals surface area contributed by atoms with Crippen molar-refractivity contribution >= 4 is 12.4 Å². The van der Waals surface area contributed by atoms with Gasteiger partial charge in [-0.15, -0.1) is 12.4 Å². The van der Waals surface area contributed by atoms with Crippen molar-refractivity contribution in [2.24, 2.45) is 5.92 Å². The second kappa shape index (κ2) is 10.6. The number of nitrogens with zero attached hydrogens (tertiary/aromatic N) is 1. The molecule has 0 atom stereocenters. The van der Waals surface area contributed by atoms with Gasteiger partial charge in [0.1, 0.15) is 0 Å². The first kappa shape index (κ1) is 20.9. The zero-order valence-corrected chi connectivity index (χ0v) is 16.1. The summed E-state index contributed by atoms with van der Waals surface area (Å²) in [7, 11) is 4.98. The van der Waals surface area contributed by atoms with Gasteiger partial charge in [-0.3, -0.25) is 4.90 Å². The van der Waals surface area contributed by atoms with Crippen LogP contribution in [0.4, 0.5) is 0 Å². The van der Waals surface area contributed by atoms with E-state index in [4.69, 9.17) is 14.2 Å². The largest absolute Gasteiger partial charge is 0.493 e. The molecule has 0 saturated carbocycles. The Balaban J connectivity index is 0.00000288. The molecule has 6 heteroatoms. The molecule has 0 bridgehead atoms. The number of hydrogen-bond acceptors (Lipinski definition) is 5. The van der Waals surface area contributed by atoms with Crippen LogP contribution in [-0.2, 0) is 6.54 Å². The zero-order valence-electron chi connectivity index (χ0n) is 15.3. The first-order valence-electron chi connectivity index (χ1n) is 8.44. The number of methoxy groups -OCH3 is 3. The van der Waals surface area contributed by atoms with Gasteiger partial charge in [-0.2, -0.15) is 0 Å². The number of hydrogen-bond donors (Lipinski definition) is 1. The van der Waals surface area contributed by atoms with Crippen LogP contribution in [0, 0.1) is 5.92 Å². The molecule has 0 spiro atoms. The van der Waals surface area contributed by atoms with E-state index in [1.807, 2.05) is 6.07 Å². The Bertz CT molecular complexity index is 491. The van der Waals surface area contributed by atoms with Crippen molar-refractivity contribution in [3.63, 3.8) is 0 Å². The number of halogens is 1. The average Bonchev–Trinajstić information content (AvgIpc) is 2.60. The summed E-state index contributed by atoms with van der Waals surface area (Å²) in [5.41, 5.74) is 1.15. The van der Waals surface area contributed by atoms with E-state index in [0.29, 0.717) is 11.5 Å². The molecule has 0 aliphatic carbocycles. The molecule has 1 aromatic rings. The fourth-order valence-electron chi connectivity index (χ4n) is 3.23. The average molecular weight is 359 g/mol. The highest BCUT2D eigenvalue weighted by atomic mass is 35.5. The second-order valence-electron chi connectivity index (χ2n) is 6.02. The first-order chi connectivity index (χ1) is 11.2. The number of ether oxygens (including phenoxy) is 3. The Hall–Kier alpha value is -1.17. The van der Waals surface area contributed by atoms with Crippen molar-refractivity contribution in [1.29, 1.82) is 0 Å². The van der Waals surface area contributed by atoms with Crippen LogP contribution < -0.4 is 19.5 Å². The lowest BCUT2D eigenvalue weighted by Crippen LogP contribution is -2.36. The summed E-state index contributed by atoms with van der Waals surface area (Å²) in [6.07, 6.45) is 2.51. The highest BCUT2D eigenvalue weighted by Crippen LogP contribution is 2.40. The molecule has 0 radical (unpaired) electrons. The molecule has 0 amide bonds. The monoisotopic (exact) mass is 358 g/mol. The quantitative estimate of drug-likeness (QED) is 0.774. The Morgan fingerprint density at radius 2 is 1.71 bits per heavy atom. The lowest BCUT2D eigenvalue weighted by molar-refractivity contribution is 0.174. The fourth-order valence-corrected chi connectivity index (χ4v) is 3.23. The third-order valence-corrected chi connectivity index (χ3v) is 4.57. The van der Waals surface area contributed by atoms with Crippen LogP contribution in [0.2, 0.25) is 0 Å². The standard InChI is InChI=1S/C18H30N2O3.ClH/c1-5-19-12-14-8-10-20(11-9-14)13-15-6-7-16(21-2)18(23-4)17(15)22-3;/h6-7,14,19H,5,8-13H2,1-4H3;1H. The maximum atomic E-state index is 5.58. The van der Waals surface area contributed by atoms with E-state index in [-0.39, 0.29) is 12.4 Å². The van der Waals surface area contributed by atoms with Crippen LogP contribution >= 0.6 is 12.4 Å². The van der Waals surface area contributed by atoms with E-state index in [2.05, 4.69) is 23.2 Å². The van der Waals surface area contributed by atoms with E-state index in [9.17, 15) is 0 Å². The predicted octanol–water partition coefficient (Wildman–Crippen LogP) is 2.96. The summed E-state index contributed by atoms with van der Waals surface area (Å²) in [5, 5.41) is 3.46. The summed E-state index contributed by atoms with van der Waals surface area (Å²) in [6, 6.07) is 4.03. The molecular formula is C18H31ClN2O3. The summed E-state index contributed by atoms with van der Waals surface area (Å²) in [5.74, 6) is 2.96. The van der Waals surface area contributed by atoms with E-state index in [0.717, 1.165) is 50.0 Å². The van der Waals surface area contributed by atoms with Gasteiger partial charge in [0.15, 0.2) is 11.5 Å². The number of rotatable bonds is 8. The smallest absolute Gasteiger partial charge is 0.203 e. The van der Waals surface area contributed by atoms with E-state index >= 15 is 0 Å². The third kappa shape index (κ3) is 5.16. The lowest BCUT2D eigenvalue weighted by atomic mass is 9.96. The molecule has 1 aromatic carbocycles. The minimum atomic E-state index is 0. The maximum Gasteiger partial charge on any atom is 0.203 e. The van der Waals surface area contributed by atoms with Crippen LogP contribution in [0.3, 0.4) is 0 Å². The van der Waals surface area contributed by atoms with Gasteiger partial charge in [0, 0.05) is 12.1 Å². The highest BCUT2D eigenvalue weighted by molar-refractivity contribution is 5.85. The van der Waals surface area contributed by atoms with Gasteiger partial charge in [0.2, 0.25) is 5.75 Å². The topological polar surface area (TPSA) is 43.0 Å². The lowest BCUT2D eigenvalue weighted by Gasteiger charge is -2.32. The molecule has 0 unspecified atom stereocenters. The second-order valence-corrected chi connectivity index (χ2v) is 6.02. The van der Waals surface area contributed by atoms with Crippen LogP contribution in [0.1, 0.15) is 25.3 Å². The number of nitrogens with one attached hydrogen (secondary N) is 1. The molecule has 1 saturated heterocycles. The third-order valence-electron chi connectivity index (χ3n) is 4.57. The van der Waals surface area contributed by atoms with Crippen molar-refractivity contribution in [3.05, 3.63) is 17.7 Å². The van der Waals surface area contributed by atoms with Crippen LogP contribution in [0.5, 0.6) is 17.2 Å². The summed E-state index contributed by atoms with van der Waals surface area (Å²) < 4.78 is 16.4. The molecule has 1 N–H and O–H groups in total. The van der Waals surface area contributed by atoms with Crippen molar-refractivity contribution < 1.29 is 14.2 Å². The molecule has 2 rings (SSSR count). The van der Waals surface area contributed by atoms with E-state index < -0.39 is 0 Å². The Morgan fingerprint density at radius 3 is 2.25 bits per heavy atom. The summed E-state index contributed by atoms with van der Waals surface area (Å²) in [6.45, 7) is 7.52. The molecule has 1 heterocycles. The SMILES string of the molecule is CCNCC1CCN(Cc2ccc(OC)c(OC)c2OC)CC1.Cl. The zero-order chi connectivity index (χ0) is 16.7. The van der Waals surface area contributed by atoms with E-state index in [1.54, 1.807) is 21.3 Å². The van der Waals surface area contributed by atoms with Gasteiger partial charge in [-0.25, -0.2) is 0 Å². The predicted molar refractivity (Wildman–Crippen MR) is 99.9 cm³/mol. The minimum absolute atomic E-state index is 0. The van der Waals surface area contributed by atoms with Crippen LogP contribution in [0.15, 0.2) is 12.1 Å². The molecular weight excluding hydrogens is 328 g/mol. The molecule has 24 heavy (non-hydrogen) atoms. The van der Waals surface area contributed by atoms with Gasteiger partial charge in [0.05, 0.1) is 21.3 Å². The Labute approximate surface area is 152 Å². The first-order valence-corrected chi connectivity index (χ1v) is 8.44. The summed E-state index contributed by atoms with van der Waals surface area (Å²) >= 11 is 0. The van der Waals surface area contributed by atoms with Gasteiger partial charge in [0.25, 0.3) is 0 Å². The van der Waals surface area contributed by atoms with Gasteiger partial charge in [-0.05, 0) is 51.0 Å². The van der Waals surface area contributed by atoms with Crippen LogP contribution in [-0.4, -0.2) is 52.4 Å².